The van der Waals surface area contributed by atoms with Gasteiger partial charge < -0.3 is 10.6 Å². The number of anilines is 2. The Morgan fingerprint density at radius 1 is 1.59 bits per heavy atom. The summed E-state index contributed by atoms with van der Waals surface area (Å²) in [6.07, 6.45) is 0. The van der Waals surface area contributed by atoms with Gasteiger partial charge in [0.1, 0.15) is 0 Å². The van der Waals surface area contributed by atoms with Crippen molar-refractivity contribution in [2.24, 2.45) is 10.3 Å². The second kappa shape index (κ2) is 4.91. The Morgan fingerprint density at radius 3 is 3.06 bits per heavy atom. The van der Waals surface area contributed by atoms with Crippen molar-refractivity contribution in [3.8, 4) is 0 Å². The molecule has 0 aromatic heterocycles. The molecule has 1 aliphatic rings. The van der Waals surface area contributed by atoms with Crippen LogP contribution >= 0.6 is 12.6 Å². The monoisotopic (exact) mass is 252 g/mol. The van der Waals surface area contributed by atoms with Crippen molar-refractivity contribution in [2.45, 2.75) is 5.50 Å². The quantitative estimate of drug-likeness (QED) is 0.600. The van der Waals surface area contributed by atoms with Crippen LogP contribution in [0.3, 0.4) is 0 Å². The fraction of sp³-hybridized carbons (Fsp3) is 0.222. The summed E-state index contributed by atoms with van der Waals surface area (Å²) in [5.41, 5.74) is 3.82. The van der Waals surface area contributed by atoms with Crippen LogP contribution in [0.2, 0.25) is 0 Å². The maximum absolute atomic E-state index is 11.2. The van der Waals surface area contributed by atoms with Crippen molar-refractivity contribution < 1.29 is 4.79 Å². The van der Waals surface area contributed by atoms with Gasteiger partial charge in [0.2, 0.25) is 5.50 Å². The molecule has 90 valence electrons. The molecular weight excluding hydrogens is 240 g/mol. The molecule has 0 spiro atoms. The Hall–Kier alpha value is -1.96. The number of amides is 2. The molecule has 2 amide bonds. The third kappa shape index (κ3) is 2.59. The highest BCUT2D eigenvalue weighted by atomic mass is 32.1. The van der Waals surface area contributed by atoms with Gasteiger partial charge in [0, 0.05) is 12.7 Å². The summed E-state index contributed by atoms with van der Waals surface area (Å²) in [7, 11) is 1.56. The van der Waals surface area contributed by atoms with E-state index in [1.165, 1.54) is 0 Å². The van der Waals surface area contributed by atoms with E-state index < -0.39 is 0 Å². The molecule has 2 rings (SSSR count). The van der Waals surface area contributed by atoms with Gasteiger partial charge in [0.25, 0.3) is 0 Å². The van der Waals surface area contributed by atoms with E-state index in [0.717, 1.165) is 5.69 Å². The van der Waals surface area contributed by atoms with E-state index in [-0.39, 0.29) is 11.5 Å². The van der Waals surface area contributed by atoms with E-state index >= 15 is 0 Å². The van der Waals surface area contributed by atoms with E-state index in [9.17, 15) is 4.79 Å². The van der Waals surface area contributed by atoms with Gasteiger partial charge in [0.05, 0.1) is 5.69 Å². The van der Waals surface area contributed by atoms with Crippen LogP contribution < -0.4 is 21.2 Å². The summed E-state index contributed by atoms with van der Waals surface area (Å²) in [5.74, 6) is 0. The normalized spacial score (nSPS) is 17.8. The molecule has 1 atom stereocenters. The van der Waals surface area contributed by atoms with Gasteiger partial charge in [-0.3, -0.25) is 0 Å². The smallest absolute Gasteiger partial charge is 0.318 e. The highest BCUT2D eigenvalue weighted by molar-refractivity contribution is 7.81. The second-order valence-electron chi connectivity index (χ2n) is 3.29. The number of hydrogen-bond acceptors (Lipinski definition) is 6. The summed E-state index contributed by atoms with van der Waals surface area (Å²) in [5, 5.41) is 14.3. The lowest BCUT2D eigenvalue weighted by atomic mass is 10.2. The van der Waals surface area contributed by atoms with Crippen LogP contribution in [0.4, 0.5) is 16.2 Å². The fourth-order valence-electron chi connectivity index (χ4n) is 1.35. The second-order valence-corrected chi connectivity index (χ2v) is 3.75. The van der Waals surface area contributed by atoms with Crippen LogP contribution in [0.25, 0.3) is 0 Å². The maximum atomic E-state index is 11.2. The van der Waals surface area contributed by atoms with Crippen LogP contribution in [-0.2, 0) is 0 Å². The molecule has 7 nitrogen and oxygen atoms in total. The first kappa shape index (κ1) is 11.5. The van der Waals surface area contributed by atoms with Crippen LogP contribution in [0.15, 0.2) is 34.6 Å². The van der Waals surface area contributed by atoms with E-state index in [1.54, 1.807) is 24.2 Å². The number of carbonyl (C=O) groups is 1. The summed E-state index contributed by atoms with van der Waals surface area (Å²) >= 11 is 4.22. The Labute approximate surface area is 104 Å². The number of urea groups is 1. The molecule has 0 aliphatic carbocycles. The highest BCUT2D eigenvalue weighted by Gasteiger charge is 2.19. The Bertz CT molecular complexity index is 451. The molecular formula is C9H12N6OS. The predicted molar refractivity (Wildman–Crippen MR) is 67.8 cm³/mol. The van der Waals surface area contributed by atoms with E-state index in [1.807, 2.05) is 12.1 Å². The minimum Gasteiger partial charge on any atom is -0.341 e. The van der Waals surface area contributed by atoms with E-state index in [0.29, 0.717) is 5.69 Å². The van der Waals surface area contributed by atoms with Gasteiger partial charge in [-0.15, -0.1) is 17.7 Å². The lowest BCUT2D eigenvalue weighted by Gasteiger charge is -2.19. The number of carbonyl (C=O) groups excluding carboxylic acids is 1. The average Bonchev–Trinajstić information content (AvgIpc) is 2.75. The Kier molecular flexibility index (Phi) is 3.33. The molecule has 0 saturated heterocycles. The van der Waals surface area contributed by atoms with Gasteiger partial charge in [-0.1, -0.05) is 11.3 Å². The first-order valence-electron chi connectivity index (χ1n) is 4.92. The molecule has 1 aromatic carbocycles. The first-order valence-corrected chi connectivity index (χ1v) is 5.44. The number of nitrogens with zero attached hydrogens (tertiary/aromatic N) is 3. The summed E-state index contributed by atoms with van der Waals surface area (Å²) < 4.78 is 0. The largest absolute Gasteiger partial charge is 0.341 e. The van der Waals surface area contributed by atoms with Crippen molar-refractivity contribution in [1.82, 2.24) is 10.9 Å². The number of thiol groups is 1. The maximum Gasteiger partial charge on any atom is 0.318 e. The lowest BCUT2D eigenvalue weighted by Crippen LogP contribution is -2.34. The first-order chi connectivity index (χ1) is 8.20. The molecule has 1 heterocycles. The molecule has 1 unspecified atom stereocenters. The lowest BCUT2D eigenvalue weighted by molar-refractivity contribution is 0.254. The van der Waals surface area contributed by atoms with E-state index in [2.05, 4.69) is 39.1 Å². The van der Waals surface area contributed by atoms with Crippen molar-refractivity contribution in [1.29, 1.82) is 0 Å². The highest BCUT2D eigenvalue weighted by Crippen LogP contribution is 2.23. The van der Waals surface area contributed by atoms with Gasteiger partial charge in [-0.05, 0) is 18.2 Å². The number of hydrazine groups is 1. The van der Waals surface area contributed by atoms with Crippen molar-refractivity contribution in [3.05, 3.63) is 24.3 Å². The molecule has 0 fully saturated rings. The number of rotatable bonds is 2. The average molecular weight is 252 g/mol. The molecule has 8 heteroatoms. The molecule has 1 aromatic rings. The zero-order chi connectivity index (χ0) is 12.3. The summed E-state index contributed by atoms with van der Waals surface area (Å²) in [6, 6.07) is 6.99. The predicted octanol–water partition coefficient (Wildman–Crippen LogP) is 1.34. The van der Waals surface area contributed by atoms with Crippen LogP contribution in [-0.4, -0.2) is 18.6 Å². The molecule has 1 aliphatic heterocycles. The van der Waals surface area contributed by atoms with Crippen molar-refractivity contribution in [2.75, 3.05) is 17.4 Å². The fourth-order valence-corrected chi connectivity index (χ4v) is 1.58. The molecule has 0 radical (unpaired) electrons. The summed E-state index contributed by atoms with van der Waals surface area (Å²) in [6.45, 7) is 0. The molecule has 0 bridgehead atoms. The van der Waals surface area contributed by atoms with Crippen LogP contribution in [0.5, 0.6) is 0 Å². The zero-order valence-electron chi connectivity index (χ0n) is 9.08. The molecule has 0 saturated carbocycles. The van der Waals surface area contributed by atoms with Gasteiger partial charge >= 0.3 is 6.03 Å². The topological polar surface area (TPSA) is 81.1 Å². The summed E-state index contributed by atoms with van der Waals surface area (Å²) in [4.78, 5) is 11.2. The van der Waals surface area contributed by atoms with Crippen molar-refractivity contribution in [3.63, 3.8) is 0 Å². The van der Waals surface area contributed by atoms with Gasteiger partial charge in [-0.2, -0.15) is 5.53 Å². The standard InChI is InChI=1S/C9H12N6OS/c1-10-8(16)11-6-3-2-4-7(5-6)15-9(17)12-13-14-15/h2-5,9,17H,1H3,(H,12,14)(H2,10,11,16). The Balaban J connectivity index is 2.14. The van der Waals surface area contributed by atoms with E-state index in [4.69, 9.17) is 0 Å². The van der Waals surface area contributed by atoms with Gasteiger partial charge in [-0.25, -0.2) is 9.80 Å². The SMILES string of the molecule is CNC(=O)Nc1cccc(N2NN=NC2S)c1. The number of nitrogens with one attached hydrogen (secondary N) is 3. The minimum absolute atomic E-state index is 0.270. The number of benzene rings is 1. The van der Waals surface area contributed by atoms with Gasteiger partial charge in [0.15, 0.2) is 0 Å². The minimum atomic E-state index is -0.370. The molecule has 3 N–H and O–H groups in total. The van der Waals surface area contributed by atoms with Crippen LogP contribution in [0, 0.1) is 0 Å². The van der Waals surface area contributed by atoms with Crippen molar-refractivity contribution >= 4 is 30.0 Å². The Morgan fingerprint density at radius 2 is 2.41 bits per heavy atom. The zero-order valence-corrected chi connectivity index (χ0v) is 9.98. The molecule has 17 heavy (non-hydrogen) atoms. The third-order valence-electron chi connectivity index (χ3n) is 2.15. The number of hydrogen-bond donors (Lipinski definition) is 4. The van der Waals surface area contributed by atoms with Crippen LogP contribution in [0.1, 0.15) is 0 Å². The third-order valence-corrected chi connectivity index (χ3v) is 2.49.